The SMILES string of the molecule is Cc1ccc(-c2csc(N/N=C/c3ccc(F)cc3)n2)c(C)c1.[Br-]. The van der Waals surface area contributed by atoms with Crippen molar-refractivity contribution in [3.05, 3.63) is 70.4 Å². The molecule has 1 heterocycles. The highest BCUT2D eigenvalue weighted by Crippen LogP contribution is 2.27. The minimum atomic E-state index is -0.256. The topological polar surface area (TPSA) is 37.3 Å². The number of aryl methyl sites for hydroxylation is 2. The van der Waals surface area contributed by atoms with Crippen molar-refractivity contribution in [2.24, 2.45) is 5.10 Å². The molecule has 0 unspecified atom stereocenters. The predicted molar refractivity (Wildman–Crippen MR) is 94.6 cm³/mol. The number of nitrogens with one attached hydrogen (secondary N) is 1. The third-order valence-corrected chi connectivity index (χ3v) is 4.15. The highest BCUT2D eigenvalue weighted by Gasteiger charge is 2.06. The maximum absolute atomic E-state index is 12.8. The van der Waals surface area contributed by atoms with Gasteiger partial charge in [-0.3, -0.25) is 5.43 Å². The fraction of sp³-hybridized carbons (Fsp3) is 0.111. The van der Waals surface area contributed by atoms with Gasteiger partial charge < -0.3 is 17.0 Å². The van der Waals surface area contributed by atoms with Gasteiger partial charge in [-0.15, -0.1) is 11.3 Å². The summed E-state index contributed by atoms with van der Waals surface area (Å²) < 4.78 is 12.8. The van der Waals surface area contributed by atoms with Crippen LogP contribution in [0.2, 0.25) is 0 Å². The fourth-order valence-corrected chi connectivity index (χ4v) is 2.92. The minimum Gasteiger partial charge on any atom is -1.00 e. The molecule has 0 aliphatic heterocycles. The number of anilines is 1. The molecule has 0 aliphatic carbocycles. The average Bonchev–Trinajstić information content (AvgIpc) is 2.98. The summed E-state index contributed by atoms with van der Waals surface area (Å²) in [6.07, 6.45) is 1.64. The summed E-state index contributed by atoms with van der Waals surface area (Å²) >= 11 is 1.50. The van der Waals surface area contributed by atoms with Crippen LogP contribution in [-0.4, -0.2) is 11.2 Å². The standard InChI is InChI=1S/C18H16FN3S.BrH/c1-12-3-8-16(13(2)9-12)17-11-23-18(21-17)22-20-10-14-4-6-15(19)7-5-14;/h3-11H,1-2H3,(H,21,22);1H/p-1/b20-10+;. The smallest absolute Gasteiger partial charge is 0.203 e. The third kappa shape index (κ3) is 4.49. The van der Waals surface area contributed by atoms with Crippen molar-refractivity contribution in [2.45, 2.75) is 13.8 Å². The zero-order chi connectivity index (χ0) is 16.2. The second kappa shape index (κ2) is 8.17. The number of hydrogen-bond donors (Lipinski definition) is 1. The van der Waals surface area contributed by atoms with Gasteiger partial charge in [-0.2, -0.15) is 5.10 Å². The highest BCUT2D eigenvalue weighted by atomic mass is 79.9. The molecule has 3 rings (SSSR count). The molecule has 0 bridgehead atoms. The van der Waals surface area contributed by atoms with Gasteiger partial charge in [0.25, 0.3) is 0 Å². The maximum atomic E-state index is 12.8. The van der Waals surface area contributed by atoms with Gasteiger partial charge in [-0.25, -0.2) is 9.37 Å². The Morgan fingerprint density at radius 2 is 1.88 bits per heavy atom. The van der Waals surface area contributed by atoms with Gasteiger partial charge in [0, 0.05) is 10.9 Å². The second-order valence-electron chi connectivity index (χ2n) is 5.28. The fourth-order valence-electron chi connectivity index (χ4n) is 2.26. The molecule has 0 saturated heterocycles. The van der Waals surface area contributed by atoms with Crippen molar-refractivity contribution in [2.75, 3.05) is 5.43 Å². The van der Waals surface area contributed by atoms with E-state index < -0.39 is 0 Å². The van der Waals surface area contributed by atoms with Crippen LogP contribution in [-0.2, 0) is 0 Å². The zero-order valence-corrected chi connectivity index (χ0v) is 15.7. The minimum absolute atomic E-state index is 0. The molecule has 0 spiro atoms. The van der Waals surface area contributed by atoms with Crippen molar-refractivity contribution >= 4 is 22.7 Å². The van der Waals surface area contributed by atoms with Gasteiger partial charge >= 0.3 is 0 Å². The summed E-state index contributed by atoms with van der Waals surface area (Å²) in [5, 5.41) is 6.86. The number of aromatic nitrogens is 1. The van der Waals surface area contributed by atoms with Gasteiger partial charge in [0.2, 0.25) is 5.13 Å². The average molecular weight is 405 g/mol. The lowest BCUT2D eigenvalue weighted by molar-refractivity contribution is -0.00000530. The summed E-state index contributed by atoms with van der Waals surface area (Å²) in [4.78, 5) is 4.55. The second-order valence-corrected chi connectivity index (χ2v) is 6.14. The molecule has 1 aromatic heterocycles. The van der Waals surface area contributed by atoms with E-state index in [1.165, 1.54) is 34.6 Å². The Kier molecular flexibility index (Phi) is 6.23. The van der Waals surface area contributed by atoms with Gasteiger partial charge in [0.1, 0.15) is 5.82 Å². The summed E-state index contributed by atoms with van der Waals surface area (Å²) in [7, 11) is 0. The predicted octanol–water partition coefficient (Wildman–Crippen LogP) is 2.02. The van der Waals surface area contributed by atoms with Crippen LogP contribution in [0, 0.1) is 19.7 Å². The molecule has 0 radical (unpaired) electrons. The summed E-state index contributed by atoms with van der Waals surface area (Å²) in [5.41, 5.74) is 8.25. The number of hydrogen-bond acceptors (Lipinski definition) is 4. The monoisotopic (exact) mass is 404 g/mol. The van der Waals surface area contributed by atoms with Crippen molar-refractivity contribution < 1.29 is 21.4 Å². The van der Waals surface area contributed by atoms with Crippen LogP contribution in [0.1, 0.15) is 16.7 Å². The van der Waals surface area contributed by atoms with E-state index in [2.05, 4.69) is 47.6 Å². The van der Waals surface area contributed by atoms with Gasteiger partial charge in [-0.1, -0.05) is 35.9 Å². The molecular weight excluding hydrogens is 389 g/mol. The molecule has 0 aliphatic rings. The first kappa shape index (κ1) is 18.3. The largest absolute Gasteiger partial charge is 1.00 e. The molecule has 3 nitrogen and oxygen atoms in total. The van der Waals surface area contributed by atoms with Gasteiger partial charge in [0.15, 0.2) is 0 Å². The molecule has 24 heavy (non-hydrogen) atoms. The van der Waals surface area contributed by atoms with Crippen LogP contribution < -0.4 is 22.4 Å². The lowest BCUT2D eigenvalue weighted by Crippen LogP contribution is -3.00. The molecule has 0 atom stereocenters. The highest BCUT2D eigenvalue weighted by molar-refractivity contribution is 7.14. The molecular formula is C18H16BrFN3S-. The van der Waals surface area contributed by atoms with Crippen molar-refractivity contribution in [1.82, 2.24) is 4.98 Å². The first-order valence-electron chi connectivity index (χ1n) is 7.19. The molecule has 3 aromatic rings. The number of hydrazone groups is 1. The van der Waals surface area contributed by atoms with Crippen LogP contribution in [0.15, 0.2) is 52.9 Å². The first-order valence-corrected chi connectivity index (χ1v) is 8.07. The van der Waals surface area contributed by atoms with Crippen LogP contribution in [0.3, 0.4) is 0 Å². The first-order chi connectivity index (χ1) is 11.1. The van der Waals surface area contributed by atoms with Gasteiger partial charge in [0.05, 0.1) is 11.9 Å². The Hall–Kier alpha value is -2.05. The van der Waals surface area contributed by atoms with Crippen molar-refractivity contribution in [1.29, 1.82) is 0 Å². The number of rotatable bonds is 4. The number of benzene rings is 2. The van der Waals surface area contributed by atoms with E-state index in [4.69, 9.17) is 0 Å². The maximum Gasteiger partial charge on any atom is 0.203 e. The Bertz CT molecular complexity index is 844. The van der Waals surface area contributed by atoms with Crippen LogP contribution in [0.4, 0.5) is 9.52 Å². The zero-order valence-electron chi connectivity index (χ0n) is 13.3. The van der Waals surface area contributed by atoms with E-state index in [1.54, 1.807) is 18.3 Å². The Morgan fingerprint density at radius 1 is 1.12 bits per heavy atom. The lowest BCUT2D eigenvalue weighted by Gasteiger charge is -2.03. The Balaban J connectivity index is 0.00000208. The number of halogens is 2. The summed E-state index contributed by atoms with van der Waals surface area (Å²) in [6.45, 7) is 4.16. The van der Waals surface area contributed by atoms with E-state index in [-0.39, 0.29) is 22.8 Å². The van der Waals surface area contributed by atoms with E-state index in [0.29, 0.717) is 0 Å². The van der Waals surface area contributed by atoms with Crippen LogP contribution in [0.25, 0.3) is 11.3 Å². The third-order valence-electron chi connectivity index (χ3n) is 3.41. The molecule has 0 fully saturated rings. The van der Waals surface area contributed by atoms with Crippen LogP contribution >= 0.6 is 11.3 Å². The van der Waals surface area contributed by atoms with E-state index in [1.807, 2.05) is 5.38 Å². The van der Waals surface area contributed by atoms with Crippen molar-refractivity contribution in [3.63, 3.8) is 0 Å². The number of thiazole rings is 1. The molecule has 2 aromatic carbocycles. The van der Waals surface area contributed by atoms with E-state index >= 15 is 0 Å². The van der Waals surface area contributed by atoms with Crippen molar-refractivity contribution in [3.8, 4) is 11.3 Å². The Labute approximate surface area is 155 Å². The van der Waals surface area contributed by atoms with E-state index in [9.17, 15) is 4.39 Å². The molecule has 6 heteroatoms. The molecule has 1 N–H and O–H groups in total. The lowest BCUT2D eigenvalue weighted by atomic mass is 10.0. The molecule has 0 amide bonds. The Morgan fingerprint density at radius 3 is 2.58 bits per heavy atom. The number of nitrogens with zero attached hydrogens (tertiary/aromatic N) is 2. The van der Waals surface area contributed by atoms with Crippen LogP contribution in [0.5, 0.6) is 0 Å². The van der Waals surface area contributed by atoms with E-state index in [0.717, 1.165) is 22.0 Å². The molecule has 124 valence electrons. The summed E-state index contributed by atoms with van der Waals surface area (Å²) in [6, 6.07) is 12.5. The molecule has 0 saturated carbocycles. The van der Waals surface area contributed by atoms with Gasteiger partial charge in [-0.05, 0) is 37.1 Å². The quantitative estimate of drug-likeness (QED) is 0.533. The summed E-state index contributed by atoms with van der Waals surface area (Å²) in [5.74, 6) is -0.256. The normalized spacial score (nSPS) is 10.6.